The molecule has 0 aliphatic rings. The third-order valence-corrected chi connectivity index (χ3v) is 1.04. The van der Waals surface area contributed by atoms with Crippen molar-refractivity contribution >= 4 is 22.2 Å². The first-order valence-electron chi connectivity index (χ1n) is 2.74. The van der Waals surface area contributed by atoms with Gasteiger partial charge in [0.15, 0.2) is 0 Å². The minimum absolute atomic E-state index is 0.892. The van der Waals surface area contributed by atoms with Crippen LogP contribution in [0, 0.1) is 0 Å². The van der Waals surface area contributed by atoms with Gasteiger partial charge in [0.25, 0.3) is 0 Å². The topological polar surface area (TPSA) is 0 Å². The molecule has 0 aliphatic heterocycles. The highest BCUT2D eigenvalue weighted by atomic mass is 13.7. The van der Waals surface area contributed by atoms with Crippen LogP contribution in [0.1, 0.15) is 13.8 Å². The number of rotatable bonds is 2. The molecule has 0 fully saturated rings. The van der Waals surface area contributed by atoms with Crippen LogP contribution < -0.4 is 0 Å². The van der Waals surface area contributed by atoms with Gasteiger partial charge in [-0.1, -0.05) is 20.7 Å². The van der Waals surface area contributed by atoms with E-state index in [1.165, 1.54) is 0 Å². The average molecular weight is 102 g/mol. The first-order valence-corrected chi connectivity index (χ1v) is 2.74. The van der Waals surface area contributed by atoms with Gasteiger partial charge >= 0.3 is 0 Å². The molecule has 0 saturated heterocycles. The van der Waals surface area contributed by atoms with Gasteiger partial charge in [-0.2, -0.15) is 0 Å². The summed E-state index contributed by atoms with van der Waals surface area (Å²) >= 11 is 0. The SMILES string of the molecule is [B]/C(C)=C(/C)[B][B]C. The summed E-state index contributed by atoms with van der Waals surface area (Å²) < 4.78 is 0. The van der Waals surface area contributed by atoms with Gasteiger partial charge in [-0.05, 0) is 0 Å². The zero-order valence-electron chi connectivity index (χ0n) is 5.73. The van der Waals surface area contributed by atoms with Crippen molar-refractivity contribution in [3.63, 3.8) is 0 Å². The summed E-state index contributed by atoms with van der Waals surface area (Å²) in [4.78, 5) is 0. The Morgan fingerprint density at radius 3 is 2.00 bits per heavy atom. The fraction of sp³-hybridized carbons (Fsp3) is 0.600. The summed E-state index contributed by atoms with van der Waals surface area (Å²) in [5, 5.41) is 0. The molecule has 0 saturated carbocycles. The molecule has 0 N–H and O–H groups in total. The highest BCUT2D eigenvalue weighted by Crippen LogP contribution is 1.93. The summed E-state index contributed by atoms with van der Waals surface area (Å²) in [6.07, 6.45) is 0. The van der Waals surface area contributed by atoms with Gasteiger partial charge in [-0.15, -0.1) is 10.9 Å². The maximum atomic E-state index is 5.45. The molecule has 0 aromatic rings. The molecule has 0 atom stereocenters. The van der Waals surface area contributed by atoms with Crippen molar-refractivity contribution in [2.75, 3.05) is 0 Å². The van der Waals surface area contributed by atoms with Crippen LogP contribution in [0.4, 0.5) is 0 Å². The van der Waals surface area contributed by atoms with Crippen LogP contribution in [0.2, 0.25) is 6.82 Å². The molecule has 8 heavy (non-hydrogen) atoms. The van der Waals surface area contributed by atoms with Gasteiger partial charge in [0.1, 0.15) is 7.85 Å². The zero-order valence-corrected chi connectivity index (χ0v) is 5.73. The molecule has 0 spiro atoms. The minimum Gasteiger partial charge on any atom is -0.132 e. The highest BCUT2D eigenvalue weighted by molar-refractivity contribution is 7.03. The predicted molar refractivity (Wildman–Crippen MR) is 41.5 cm³/mol. The van der Waals surface area contributed by atoms with Crippen LogP contribution in [-0.4, -0.2) is 22.2 Å². The lowest BCUT2D eigenvalue weighted by atomic mass is 9.37. The fourth-order valence-corrected chi connectivity index (χ4v) is 0.381. The van der Waals surface area contributed by atoms with Crippen molar-refractivity contribution < 1.29 is 0 Å². The third-order valence-electron chi connectivity index (χ3n) is 1.04. The van der Waals surface area contributed by atoms with E-state index in [0.29, 0.717) is 0 Å². The average Bonchev–Trinajstić information content (AvgIpc) is 1.67. The van der Waals surface area contributed by atoms with E-state index in [4.69, 9.17) is 7.85 Å². The molecule has 3 heteroatoms. The maximum absolute atomic E-state index is 5.45. The van der Waals surface area contributed by atoms with E-state index in [1.807, 2.05) is 35.0 Å². The molecule has 0 bridgehead atoms. The Hall–Kier alpha value is -0.0652. The van der Waals surface area contributed by atoms with Gasteiger partial charge in [0.2, 0.25) is 0 Å². The van der Waals surface area contributed by atoms with Gasteiger partial charge < -0.3 is 0 Å². The van der Waals surface area contributed by atoms with Crippen LogP contribution in [0.15, 0.2) is 10.9 Å². The van der Waals surface area contributed by atoms with E-state index in [2.05, 4.69) is 0 Å². The second-order valence-corrected chi connectivity index (χ2v) is 1.87. The lowest BCUT2D eigenvalue weighted by molar-refractivity contribution is 1.53. The van der Waals surface area contributed by atoms with Gasteiger partial charge in [0, 0.05) is 0 Å². The summed E-state index contributed by atoms with van der Waals surface area (Å²) in [6.45, 7) is 5.87. The van der Waals surface area contributed by atoms with Gasteiger partial charge in [-0.3, -0.25) is 0 Å². The Morgan fingerprint density at radius 1 is 1.38 bits per heavy atom. The van der Waals surface area contributed by atoms with Crippen molar-refractivity contribution in [3.8, 4) is 0 Å². The summed E-state index contributed by atoms with van der Waals surface area (Å²) in [5.74, 6) is 0. The van der Waals surface area contributed by atoms with E-state index in [9.17, 15) is 0 Å². The third kappa shape index (κ3) is 3.01. The van der Waals surface area contributed by atoms with E-state index >= 15 is 0 Å². The standard InChI is InChI=1S/C5H9B3/c1-4(6)5(2)8-7-3/h1-3H3/b5-4-. The summed E-state index contributed by atoms with van der Waals surface area (Å²) in [6, 6.07) is 0. The molecule has 0 nitrogen and oxygen atoms in total. The molecule has 0 aromatic carbocycles. The fourth-order valence-electron chi connectivity index (χ4n) is 0.381. The van der Waals surface area contributed by atoms with E-state index in [1.54, 1.807) is 0 Å². The van der Waals surface area contributed by atoms with Crippen molar-refractivity contribution in [2.24, 2.45) is 0 Å². The molecule has 0 rings (SSSR count). The number of allylic oxidation sites excluding steroid dienone is 2. The van der Waals surface area contributed by atoms with Crippen molar-refractivity contribution in [1.82, 2.24) is 0 Å². The molecule has 0 amide bonds. The Bertz CT molecular complexity index is 91.8. The molecule has 0 aliphatic carbocycles. The number of hydrogen-bond donors (Lipinski definition) is 0. The first kappa shape index (κ1) is 7.93. The van der Waals surface area contributed by atoms with E-state index < -0.39 is 0 Å². The maximum Gasteiger partial charge on any atom is 0.106 e. The Balaban J connectivity index is 3.62. The monoisotopic (exact) mass is 102 g/mol. The summed E-state index contributed by atoms with van der Waals surface area (Å²) in [5.41, 5.74) is 2.04. The molecular weight excluding hydrogens is 92.5 g/mol. The molecule has 0 heterocycles. The lowest BCUT2D eigenvalue weighted by Gasteiger charge is -1.97. The van der Waals surface area contributed by atoms with Crippen LogP contribution in [0.5, 0.6) is 0 Å². The Kier molecular flexibility index (Phi) is 3.85. The van der Waals surface area contributed by atoms with Crippen LogP contribution in [0.25, 0.3) is 0 Å². The normalized spacial score (nSPS) is 12.4. The van der Waals surface area contributed by atoms with Crippen LogP contribution in [-0.2, 0) is 0 Å². The number of hydrogen-bond acceptors (Lipinski definition) is 0. The molecule has 4 radical (unpaired) electrons. The van der Waals surface area contributed by atoms with Crippen molar-refractivity contribution in [3.05, 3.63) is 10.9 Å². The van der Waals surface area contributed by atoms with Gasteiger partial charge in [0.05, 0.1) is 14.3 Å². The predicted octanol–water partition coefficient (Wildman–Crippen LogP) is 0.778. The zero-order chi connectivity index (χ0) is 6.57. The van der Waals surface area contributed by atoms with Crippen molar-refractivity contribution in [2.45, 2.75) is 20.7 Å². The quantitative estimate of drug-likeness (QED) is 0.451. The molecular formula is C5H9B3. The second kappa shape index (κ2) is 3.88. The largest absolute Gasteiger partial charge is 0.132 e. The summed E-state index contributed by atoms with van der Waals surface area (Å²) in [7, 11) is 9.42. The Labute approximate surface area is 54.6 Å². The lowest BCUT2D eigenvalue weighted by Crippen LogP contribution is -2.02. The van der Waals surface area contributed by atoms with Crippen LogP contribution in [0.3, 0.4) is 0 Å². The van der Waals surface area contributed by atoms with Gasteiger partial charge in [-0.25, -0.2) is 0 Å². The van der Waals surface area contributed by atoms with Crippen LogP contribution >= 0.6 is 0 Å². The molecule has 0 unspecified atom stereocenters. The Morgan fingerprint density at radius 2 is 1.88 bits per heavy atom. The smallest absolute Gasteiger partial charge is 0.106 e. The van der Waals surface area contributed by atoms with Crippen molar-refractivity contribution in [1.29, 1.82) is 0 Å². The van der Waals surface area contributed by atoms with E-state index in [-0.39, 0.29) is 0 Å². The molecule has 0 aromatic heterocycles. The molecule has 38 valence electrons. The highest BCUT2D eigenvalue weighted by Gasteiger charge is 1.89. The first-order chi connectivity index (χ1) is 3.68. The van der Waals surface area contributed by atoms with E-state index in [0.717, 1.165) is 10.9 Å². The second-order valence-electron chi connectivity index (χ2n) is 1.87. The minimum atomic E-state index is 0.892.